The van der Waals surface area contributed by atoms with E-state index in [2.05, 4.69) is 4.72 Å². The van der Waals surface area contributed by atoms with Gasteiger partial charge in [0, 0.05) is 48.1 Å². The highest BCUT2D eigenvalue weighted by Gasteiger charge is 2.25. The molecule has 0 fully saturated rings. The number of rotatable bonds is 4. The molecule has 31 heavy (non-hydrogen) atoms. The molecule has 160 valence electrons. The Balaban J connectivity index is 2.02. The van der Waals surface area contributed by atoms with Crippen molar-refractivity contribution in [2.75, 3.05) is 0 Å². The molecule has 0 aliphatic carbocycles. The molecule has 1 aliphatic rings. The molecule has 0 spiro atoms. The highest BCUT2D eigenvalue weighted by atomic mass is 32.2. The Morgan fingerprint density at radius 3 is 2.45 bits per heavy atom. The van der Waals surface area contributed by atoms with Crippen molar-refractivity contribution in [2.24, 2.45) is 12.0 Å². The van der Waals surface area contributed by atoms with E-state index in [-0.39, 0.29) is 17.7 Å². The summed E-state index contributed by atoms with van der Waals surface area (Å²) < 4.78 is 53.9. The largest absolute Gasteiger partial charge is 0.318 e. The minimum atomic E-state index is -2.89. The van der Waals surface area contributed by atoms with E-state index >= 15 is 0 Å². The zero-order valence-electron chi connectivity index (χ0n) is 16.7. The summed E-state index contributed by atoms with van der Waals surface area (Å²) in [5, 5.41) is 0. The summed E-state index contributed by atoms with van der Waals surface area (Å²) in [7, 11) is -1.27. The van der Waals surface area contributed by atoms with Gasteiger partial charge in [0.05, 0.1) is 11.8 Å². The van der Waals surface area contributed by atoms with Gasteiger partial charge in [0.25, 0.3) is 5.56 Å². The summed E-state index contributed by atoms with van der Waals surface area (Å²) in [6.07, 6.45) is 1.67. The van der Waals surface area contributed by atoms with E-state index in [0.717, 1.165) is 0 Å². The molecule has 0 amide bonds. The Kier molecular flexibility index (Phi) is 5.55. The molecule has 1 aromatic heterocycles. The Morgan fingerprint density at radius 1 is 1.06 bits per heavy atom. The van der Waals surface area contributed by atoms with Gasteiger partial charge in [-0.3, -0.25) is 9.79 Å². The molecule has 0 bridgehead atoms. The topological polar surface area (TPSA) is 80.5 Å². The van der Waals surface area contributed by atoms with Crippen molar-refractivity contribution in [1.29, 1.82) is 0 Å². The first-order valence-corrected chi connectivity index (χ1v) is 10.7. The number of aromatic nitrogens is 1. The second-order valence-corrected chi connectivity index (χ2v) is 8.16. The van der Waals surface area contributed by atoms with Gasteiger partial charge >= 0.3 is 0 Å². The fourth-order valence-electron chi connectivity index (χ4n) is 3.71. The van der Waals surface area contributed by atoms with E-state index in [1.54, 1.807) is 31.4 Å². The summed E-state index contributed by atoms with van der Waals surface area (Å²) >= 11 is 0. The number of aliphatic imine (C=N–C) groups is 1. The van der Waals surface area contributed by atoms with Crippen LogP contribution >= 0.6 is 0 Å². The van der Waals surface area contributed by atoms with Gasteiger partial charge in [-0.1, -0.05) is 0 Å². The lowest BCUT2D eigenvalue weighted by Gasteiger charge is -2.15. The summed E-state index contributed by atoms with van der Waals surface area (Å²) in [4.78, 5) is 17.0. The lowest BCUT2D eigenvalue weighted by atomic mass is 9.90. The predicted molar refractivity (Wildman–Crippen MR) is 115 cm³/mol. The number of nitrogens with zero attached hydrogens (tertiary/aromatic N) is 2. The molecule has 4 rings (SSSR count). The highest BCUT2D eigenvalue weighted by Crippen LogP contribution is 2.38. The quantitative estimate of drug-likeness (QED) is 0.609. The van der Waals surface area contributed by atoms with E-state index < -0.39 is 28.6 Å². The molecular weight excluding hydrogens is 424 g/mol. The van der Waals surface area contributed by atoms with Crippen LogP contribution in [0.1, 0.15) is 35.2 Å². The van der Waals surface area contributed by atoms with Crippen LogP contribution in [0.25, 0.3) is 11.1 Å². The van der Waals surface area contributed by atoms with E-state index in [1.807, 2.05) is 6.92 Å². The van der Waals surface area contributed by atoms with Crippen LogP contribution in [0.5, 0.6) is 0 Å². The van der Waals surface area contributed by atoms with E-state index in [0.29, 0.717) is 33.5 Å². The third kappa shape index (κ3) is 4.06. The first kappa shape index (κ1) is 21.1. The summed E-state index contributed by atoms with van der Waals surface area (Å²) in [5.41, 5.74) is 3.45. The van der Waals surface area contributed by atoms with Crippen LogP contribution in [0.4, 0.5) is 8.78 Å². The van der Waals surface area contributed by atoms with E-state index in [4.69, 9.17) is 4.99 Å². The fourth-order valence-corrected chi connectivity index (χ4v) is 4.01. The molecule has 1 atom stereocenters. The maximum absolute atomic E-state index is 14.9. The number of fused-ring (bicyclic) bond motifs is 3. The summed E-state index contributed by atoms with van der Waals surface area (Å²) in [6, 6.07) is 9.68. The Bertz CT molecular complexity index is 1340. The number of benzene rings is 2. The van der Waals surface area contributed by atoms with Crippen LogP contribution < -0.4 is 10.3 Å². The lowest BCUT2D eigenvalue weighted by molar-refractivity contribution is 0.590. The van der Waals surface area contributed by atoms with Crippen molar-refractivity contribution in [2.45, 2.75) is 19.5 Å². The third-order valence-electron chi connectivity index (χ3n) is 5.28. The van der Waals surface area contributed by atoms with Crippen molar-refractivity contribution in [3.8, 4) is 11.1 Å². The van der Waals surface area contributed by atoms with Crippen LogP contribution in [0.15, 0.2) is 58.4 Å². The van der Waals surface area contributed by atoms with Gasteiger partial charge in [0.15, 0.2) is 0 Å². The molecule has 6 nitrogen and oxygen atoms in total. The number of thiol groups is 1. The molecule has 3 aromatic rings. The molecule has 2 heterocycles. The summed E-state index contributed by atoms with van der Waals surface area (Å²) in [5.74, 6) is -1.00. The van der Waals surface area contributed by atoms with Crippen LogP contribution in [-0.4, -0.2) is 18.7 Å². The molecule has 0 saturated heterocycles. The predicted octanol–water partition coefficient (Wildman–Crippen LogP) is 2.86. The molecular formula is C22H19F2N3O3S. The fraction of sp³-hybridized carbons (Fsp3) is 0.182. The molecule has 0 unspecified atom stereocenters. The normalized spacial score (nSPS) is 15.3. The van der Waals surface area contributed by atoms with Gasteiger partial charge in [0.2, 0.25) is 10.9 Å². The smallest absolute Gasteiger partial charge is 0.250 e. The zero-order chi connectivity index (χ0) is 22.3. The van der Waals surface area contributed by atoms with Gasteiger partial charge in [-0.15, -0.1) is 0 Å². The number of aryl methyl sites for hydroxylation is 1. The van der Waals surface area contributed by atoms with Crippen LogP contribution in [0, 0.1) is 11.6 Å². The second kappa shape index (κ2) is 8.16. The van der Waals surface area contributed by atoms with Crippen molar-refractivity contribution < 1.29 is 17.2 Å². The maximum Gasteiger partial charge on any atom is 0.250 e. The third-order valence-corrected chi connectivity index (χ3v) is 5.70. The average Bonchev–Trinajstić information content (AvgIpc) is 2.83. The van der Waals surface area contributed by atoms with Gasteiger partial charge in [-0.05, 0) is 54.4 Å². The van der Waals surface area contributed by atoms with Crippen LogP contribution in [0.2, 0.25) is 0 Å². The van der Waals surface area contributed by atoms with Crippen molar-refractivity contribution >= 4 is 16.6 Å². The second-order valence-electron chi connectivity index (χ2n) is 7.33. The Labute approximate surface area is 179 Å². The van der Waals surface area contributed by atoms with Gasteiger partial charge in [0.1, 0.15) is 11.6 Å². The highest BCUT2D eigenvalue weighted by molar-refractivity contribution is 7.70. The van der Waals surface area contributed by atoms with Gasteiger partial charge in [-0.25, -0.2) is 21.9 Å². The molecule has 9 heteroatoms. The first-order valence-electron chi connectivity index (χ1n) is 9.50. The number of hydrogen-bond donors (Lipinski definition) is 2. The lowest BCUT2D eigenvalue weighted by Crippen LogP contribution is -2.17. The number of pyridine rings is 1. The van der Waals surface area contributed by atoms with Crippen LogP contribution in [0.3, 0.4) is 0 Å². The minimum Gasteiger partial charge on any atom is -0.318 e. The first-order chi connectivity index (χ1) is 14.7. The van der Waals surface area contributed by atoms with Gasteiger partial charge in [-0.2, -0.15) is 0 Å². The van der Waals surface area contributed by atoms with Crippen LogP contribution in [-0.2, 0) is 24.5 Å². The maximum atomic E-state index is 14.9. The van der Waals surface area contributed by atoms with Crippen molar-refractivity contribution in [1.82, 2.24) is 9.29 Å². The Hall–Kier alpha value is -3.17. The number of halogens is 2. The Morgan fingerprint density at radius 2 is 1.77 bits per heavy atom. The minimum absolute atomic E-state index is 0.158. The van der Waals surface area contributed by atoms with E-state index in [1.165, 1.54) is 28.8 Å². The van der Waals surface area contributed by atoms with Crippen molar-refractivity contribution in [3.05, 3.63) is 92.9 Å². The number of hydrogen-bond acceptors (Lipinski definition) is 4. The standard InChI is InChI=1S/C22H19F2N3O3S/c1-12-16-9-21(28)27(2)11-19(16)17-7-14(10-25-31(29)30)20(24)8-18(17)22(26-12)13-3-5-15(23)6-4-13/h3-9,11-12,31H,10H2,1-2H3,(H,25,29,30)/t12-/m0/s1. The average molecular weight is 443 g/mol. The van der Waals surface area contributed by atoms with Crippen molar-refractivity contribution in [3.63, 3.8) is 0 Å². The van der Waals surface area contributed by atoms with Gasteiger partial charge < -0.3 is 4.57 Å². The number of nitrogens with one attached hydrogen (secondary N) is 1. The molecule has 0 radical (unpaired) electrons. The monoisotopic (exact) mass is 443 g/mol. The van der Waals surface area contributed by atoms with E-state index in [9.17, 15) is 22.0 Å². The molecule has 1 aliphatic heterocycles. The SMILES string of the molecule is C[C@@H]1N=C(c2ccc(F)cc2)c2cc(F)c(CN[SH](=O)=O)cc2-c2cn(C)c(=O)cc21. The molecule has 1 N–H and O–H groups in total. The zero-order valence-corrected chi connectivity index (χ0v) is 17.6. The molecule has 0 saturated carbocycles. The summed E-state index contributed by atoms with van der Waals surface area (Å²) in [6.45, 7) is 1.62. The molecule has 2 aromatic carbocycles.